The van der Waals surface area contributed by atoms with Crippen molar-refractivity contribution in [1.82, 2.24) is 0 Å². The predicted molar refractivity (Wildman–Crippen MR) is 126 cm³/mol. The van der Waals surface area contributed by atoms with Gasteiger partial charge in [0.15, 0.2) is 17.7 Å². The standard InChI is InChI=1S/C26H18N2O7/c1-15(35-22(29)14-11-16-9-12-17(13-10-16)28(33)34)26(32)27-21-8-4-7-20-23(21)25(31)19-6-3-2-5-18(19)24(20)30/h2-15H,1H3,(H,27,32)/b14-11+. The first-order valence-corrected chi connectivity index (χ1v) is 10.5. The Morgan fingerprint density at radius 3 is 2.20 bits per heavy atom. The van der Waals surface area contributed by atoms with Crippen LogP contribution in [0.5, 0.6) is 0 Å². The number of hydrogen-bond donors (Lipinski definition) is 1. The largest absolute Gasteiger partial charge is 0.449 e. The van der Waals surface area contributed by atoms with Crippen molar-refractivity contribution in [3.63, 3.8) is 0 Å². The highest BCUT2D eigenvalue weighted by atomic mass is 16.6. The van der Waals surface area contributed by atoms with Crippen LogP contribution in [0.1, 0.15) is 44.3 Å². The lowest BCUT2D eigenvalue weighted by Gasteiger charge is -2.21. The van der Waals surface area contributed by atoms with Crippen LogP contribution in [0.25, 0.3) is 6.08 Å². The molecule has 0 saturated carbocycles. The molecule has 9 heteroatoms. The Balaban J connectivity index is 1.45. The molecule has 4 rings (SSSR count). The van der Waals surface area contributed by atoms with Gasteiger partial charge in [0.2, 0.25) is 0 Å². The summed E-state index contributed by atoms with van der Waals surface area (Å²) in [4.78, 5) is 60.9. The van der Waals surface area contributed by atoms with E-state index in [9.17, 15) is 29.3 Å². The molecule has 1 aliphatic carbocycles. The summed E-state index contributed by atoms with van der Waals surface area (Å²) in [5, 5.41) is 13.3. The summed E-state index contributed by atoms with van der Waals surface area (Å²) < 4.78 is 5.12. The van der Waals surface area contributed by atoms with Crippen LogP contribution in [0.4, 0.5) is 11.4 Å². The molecule has 9 nitrogen and oxygen atoms in total. The van der Waals surface area contributed by atoms with Crippen LogP contribution in [-0.4, -0.2) is 34.5 Å². The van der Waals surface area contributed by atoms with E-state index in [1.807, 2.05) is 0 Å². The second kappa shape index (κ2) is 9.52. The summed E-state index contributed by atoms with van der Waals surface area (Å²) in [5.74, 6) is -2.19. The van der Waals surface area contributed by atoms with Gasteiger partial charge in [0.05, 0.1) is 16.2 Å². The van der Waals surface area contributed by atoms with Gasteiger partial charge in [0, 0.05) is 34.9 Å². The van der Waals surface area contributed by atoms with Gasteiger partial charge in [-0.1, -0.05) is 36.4 Å². The normalized spacial score (nSPS) is 13.1. The summed E-state index contributed by atoms with van der Waals surface area (Å²) in [5.41, 5.74) is 1.41. The third-order valence-corrected chi connectivity index (χ3v) is 5.39. The van der Waals surface area contributed by atoms with Gasteiger partial charge in [-0.25, -0.2) is 4.79 Å². The number of carbonyl (C=O) groups is 4. The SMILES string of the molecule is CC(OC(=O)/C=C/c1ccc([N+](=O)[O-])cc1)C(=O)Nc1cccc2c1C(=O)c1ccccc1C2=O. The minimum atomic E-state index is -1.21. The van der Waals surface area contributed by atoms with Crippen molar-refractivity contribution in [1.29, 1.82) is 0 Å². The molecule has 0 radical (unpaired) electrons. The minimum absolute atomic E-state index is 0.0817. The van der Waals surface area contributed by atoms with Crippen molar-refractivity contribution < 1.29 is 28.8 Å². The molecule has 1 N–H and O–H groups in total. The van der Waals surface area contributed by atoms with E-state index in [0.717, 1.165) is 6.08 Å². The highest BCUT2D eigenvalue weighted by molar-refractivity contribution is 6.30. The molecular weight excluding hydrogens is 452 g/mol. The fourth-order valence-corrected chi connectivity index (χ4v) is 3.62. The summed E-state index contributed by atoms with van der Waals surface area (Å²) in [6.07, 6.45) is 1.28. The number of nitro benzene ring substituents is 1. The number of benzene rings is 3. The number of nitrogens with one attached hydrogen (secondary N) is 1. The number of non-ortho nitro benzene ring substituents is 1. The first-order chi connectivity index (χ1) is 16.8. The van der Waals surface area contributed by atoms with Crippen LogP contribution < -0.4 is 5.32 Å². The number of fused-ring (bicyclic) bond motifs is 2. The molecule has 0 aliphatic heterocycles. The molecule has 3 aromatic rings. The first kappa shape index (κ1) is 23.2. The molecule has 174 valence electrons. The van der Waals surface area contributed by atoms with Crippen molar-refractivity contribution in [3.05, 3.63) is 111 Å². The number of amides is 1. The maximum atomic E-state index is 13.0. The Hall–Kier alpha value is -4.92. The molecule has 0 saturated heterocycles. The third-order valence-electron chi connectivity index (χ3n) is 5.39. The minimum Gasteiger partial charge on any atom is -0.449 e. The molecule has 1 unspecified atom stereocenters. The number of ketones is 2. The molecule has 0 bridgehead atoms. The average molecular weight is 470 g/mol. The molecule has 1 aliphatic rings. The Morgan fingerprint density at radius 1 is 0.914 bits per heavy atom. The lowest BCUT2D eigenvalue weighted by atomic mass is 9.83. The zero-order chi connectivity index (χ0) is 25.1. The number of nitrogens with zero attached hydrogens (tertiary/aromatic N) is 1. The van der Waals surface area contributed by atoms with Crippen molar-refractivity contribution >= 4 is 40.9 Å². The van der Waals surface area contributed by atoms with Crippen molar-refractivity contribution in [3.8, 4) is 0 Å². The van der Waals surface area contributed by atoms with Crippen LogP contribution in [0, 0.1) is 10.1 Å². The monoisotopic (exact) mass is 470 g/mol. The van der Waals surface area contributed by atoms with Crippen molar-refractivity contribution in [2.24, 2.45) is 0 Å². The molecule has 1 atom stereocenters. The van der Waals surface area contributed by atoms with Crippen molar-refractivity contribution in [2.45, 2.75) is 13.0 Å². The Morgan fingerprint density at radius 2 is 1.54 bits per heavy atom. The van der Waals surface area contributed by atoms with Gasteiger partial charge >= 0.3 is 5.97 Å². The third kappa shape index (κ3) is 4.74. The van der Waals surface area contributed by atoms with Gasteiger partial charge in [-0.15, -0.1) is 0 Å². The average Bonchev–Trinajstić information content (AvgIpc) is 2.86. The van der Waals surface area contributed by atoms with Crippen LogP contribution in [0.15, 0.2) is 72.8 Å². The van der Waals surface area contributed by atoms with E-state index in [4.69, 9.17) is 4.74 Å². The van der Waals surface area contributed by atoms with Gasteiger partial charge in [-0.2, -0.15) is 0 Å². The fraction of sp³-hybridized carbons (Fsp3) is 0.0769. The second-order valence-electron chi connectivity index (χ2n) is 7.68. The second-order valence-corrected chi connectivity index (χ2v) is 7.68. The molecule has 35 heavy (non-hydrogen) atoms. The van der Waals surface area contributed by atoms with E-state index in [-0.39, 0.29) is 39.6 Å². The van der Waals surface area contributed by atoms with E-state index >= 15 is 0 Å². The quantitative estimate of drug-likeness (QED) is 0.195. The summed E-state index contributed by atoms with van der Waals surface area (Å²) >= 11 is 0. The zero-order valence-corrected chi connectivity index (χ0v) is 18.4. The smallest absolute Gasteiger partial charge is 0.331 e. The first-order valence-electron chi connectivity index (χ1n) is 10.5. The number of ether oxygens (including phenoxy) is 1. The van der Waals surface area contributed by atoms with E-state index in [1.165, 1.54) is 49.4 Å². The number of nitro groups is 1. The summed E-state index contributed by atoms with van der Waals surface area (Å²) in [7, 11) is 0. The van der Waals surface area contributed by atoms with E-state index in [0.29, 0.717) is 11.1 Å². The van der Waals surface area contributed by atoms with Crippen molar-refractivity contribution in [2.75, 3.05) is 5.32 Å². The van der Waals surface area contributed by atoms with Crippen LogP contribution >= 0.6 is 0 Å². The lowest BCUT2D eigenvalue weighted by molar-refractivity contribution is -0.384. The summed E-state index contributed by atoms with van der Waals surface area (Å²) in [6, 6.07) is 16.6. The van der Waals surface area contributed by atoms with E-state index in [2.05, 4.69) is 5.32 Å². The van der Waals surface area contributed by atoms with Gasteiger partial charge < -0.3 is 10.1 Å². The Labute approximate surface area is 199 Å². The van der Waals surface area contributed by atoms with Gasteiger partial charge in [-0.05, 0) is 36.8 Å². The fourth-order valence-electron chi connectivity index (χ4n) is 3.62. The lowest BCUT2D eigenvalue weighted by Crippen LogP contribution is -2.31. The van der Waals surface area contributed by atoms with E-state index < -0.39 is 22.9 Å². The number of hydrogen-bond acceptors (Lipinski definition) is 7. The van der Waals surface area contributed by atoms with Gasteiger partial charge in [-0.3, -0.25) is 24.5 Å². The van der Waals surface area contributed by atoms with Crippen LogP contribution in [0.2, 0.25) is 0 Å². The topological polar surface area (TPSA) is 133 Å². The predicted octanol–water partition coefficient (Wildman–Crippen LogP) is 3.95. The molecule has 0 aromatic heterocycles. The number of carbonyl (C=O) groups excluding carboxylic acids is 4. The summed E-state index contributed by atoms with van der Waals surface area (Å²) in [6.45, 7) is 1.37. The van der Waals surface area contributed by atoms with Crippen LogP contribution in [0.3, 0.4) is 0 Å². The molecular formula is C26H18N2O7. The van der Waals surface area contributed by atoms with Gasteiger partial charge in [0.25, 0.3) is 11.6 Å². The van der Waals surface area contributed by atoms with E-state index in [1.54, 1.807) is 30.3 Å². The number of esters is 1. The van der Waals surface area contributed by atoms with Crippen LogP contribution in [-0.2, 0) is 14.3 Å². The molecule has 0 heterocycles. The number of rotatable bonds is 6. The Bertz CT molecular complexity index is 1410. The maximum Gasteiger partial charge on any atom is 0.331 e. The molecule has 0 spiro atoms. The molecule has 3 aromatic carbocycles. The molecule has 1 amide bonds. The van der Waals surface area contributed by atoms with Gasteiger partial charge in [0.1, 0.15) is 0 Å². The zero-order valence-electron chi connectivity index (χ0n) is 18.4. The highest BCUT2D eigenvalue weighted by Gasteiger charge is 2.32. The number of anilines is 1. The maximum absolute atomic E-state index is 13.0. The Kier molecular flexibility index (Phi) is 6.32. The molecule has 0 fully saturated rings. The highest BCUT2D eigenvalue weighted by Crippen LogP contribution is 2.32.